The smallest absolute Gasteiger partial charge is 0.292 e. The number of anilines is 1. The Morgan fingerprint density at radius 3 is 2.47 bits per heavy atom. The van der Waals surface area contributed by atoms with Crippen molar-refractivity contribution >= 4 is 27.3 Å². The van der Waals surface area contributed by atoms with Crippen LogP contribution >= 0.6 is 0 Å². The molecule has 1 aliphatic heterocycles. The molecule has 4 rings (SSSR count). The first-order chi connectivity index (χ1) is 16.4. The summed E-state index contributed by atoms with van der Waals surface area (Å²) in [5.74, 6) is -0.365. The standard InChI is InChI=1S/C24H30N4O5S/c29-24(26-14-13-25-22-7-3-4-8-23(22)28(30)31)19-11-15-27(16-12-19)34(32,33)21-10-9-18-5-1-2-6-20(18)17-21/h3-4,7-10,17,19,25H,1-2,5-6,11-16H2,(H,26,29). The molecule has 1 aliphatic carbocycles. The molecule has 1 fully saturated rings. The van der Waals surface area contributed by atoms with Crippen LogP contribution in [0.5, 0.6) is 0 Å². The fraction of sp³-hybridized carbons (Fsp3) is 0.458. The summed E-state index contributed by atoms with van der Waals surface area (Å²) in [5.41, 5.74) is 2.77. The number of carbonyl (C=O) groups is 1. The van der Waals surface area contributed by atoms with Crippen LogP contribution in [0.3, 0.4) is 0 Å². The minimum absolute atomic E-state index is 0.0127. The van der Waals surface area contributed by atoms with Crippen LogP contribution in [0.2, 0.25) is 0 Å². The highest BCUT2D eigenvalue weighted by Gasteiger charge is 2.32. The third-order valence-corrected chi connectivity index (χ3v) is 8.52. The zero-order valence-electron chi connectivity index (χ0n) is 19.0. The highest BCUT2D eigenvalue weighted by molar-refractivity contribution is 7.89. The largest absolute Gasteiger partial charge is 0.378 e. The average molecular weight is 487 g/mol. The molecular weight excluding hydrogens is 456 g/mol. The molecule has 182 valence electrons. The maximum Gasteiger partial charge on any atom is 0.292 e. The summed E-state index contributed by atoms with van der Waals surface area (Å²) in [6.07, 6.45) is 5.11. The van der Waals surface area contributed by atoms with Gasteiger partial charge in [0, 0.05) is 38.2 Å². The second-order valence-corrected chi connectivity index (χ2v) is 10.7. The Morgan fingerprint density at radius 2 is 1.74 bits per heavy atom. The summed E-state index contributed by atoms with van der Waals surface area (Å²) >= 11 is 0. The number of hydrogen-bond acceptors (Lipinski definition) is 6. The zero-order chi connectivity index (χ0) is 24.1. The summed E-state index contributed by atoms with van der Waals surface area (Å²) < 4.78 is 27.8. The molecule has 2 aliphatic rings. The number of nitrogens with zero attached hydrogens (tertiary/aromatic N) is 2. The Bertz CT molecular complexity index is 1160. The van der Waals surface area contributed by atoms with Gasteiger partial charge in [0.1, 0.15) is 5.69 Å². The zero-order valence-corrected chi connectivity index (χ0v) is 19.9. The predicted molar refractivity (Wildman–Crippen MR) is 129 cm³/mol. The van der Waals surface area contributed by atoms with Gasteiger partial charge >= 0.3 is 0 Å². The summed E-state index contributed by atoms with van der Waals surface area (Å²) in [6, 6.07) is 11.8. The maximum absolute atomic E-state index is 13.1. The quantitative estimate of drug-likeness (QED) is 0.336. The van der Waals surface area contributed by atoms with Crippen molar-refractivity contribution in [3.63, 3.8) is 0 Å². The van der Waals surface area contributed by atoms with Crippen LogP contribution in [0.25, 0.3) is 0 Å². The number of hydrogen-bond donors (Lipinski definition) is 2. The van der Waals surface area contributed by atoms with Gasteiger partial charge in [-0.25, -0.2) is 8.42 Å². The summed E-state index contributed by atoms with van der Waals surface area (Å²) in [6.45, 7) is 1.29. The van der Waals surface area contributed by atoms with E-state index in [0.717, 1.165) is 31.2 Å². The van der Waals surface area contributed by atoms with Crippen molar-refractivity contribution in [3.8, 4) is 0 Å². The number of nitro benzene ring substituents is 1. The maximum atomic E-state index is 13.1. The van der Waals surface area contributed by atoms with Gasteiger partial charge < -0.3 is 10.6 Å². The van der Waals surface area contributed by atoms with Crippen molar-refractivity contribution in [2.75, 3.05) is 31.5 Å². The Kier molecular flexibility index (Phi) is 7.47. The van der Waals surface area contributed by atoms with Crippen molar-refractivity contribution in [2.45, 2.75) is 43.4 Å². The molecular formula is C24H30N4O5S. The molecule has 34 heavy (non-hydrogen) atoms. The summed E-state index contributed by atoms with van der Waals surface area (Å²) in [5, 5.41) is 16.9. The van der Waals surface area contributed by atoms with Crippen LogP contribution < -0.4 is 10.6 Å². The monoisotopic (exact) mass is 486 g/mol. The van der Waals surface area contributed by atoms with Crippen LogP contribution in [0, 0.1) is 16.0 Å². The lowest BCUT2D eigenvalue weighted by molar-refractivity contribution is -0.384. The molecule has 1 amide bonds. The van der Waals surface area contributed by atoms with Gasteiger partial charge in [0.2, 0.25) is 15.9 Å². The first kappa shape index (κ1) is 24.2. The first-order valence-corrected chi connectivity index (χ1v) is 13.2. The van der Waals surface area contributed by atoms with Gasteiger partial charge in [-0.05, 0) is 67.9 Å². The van der Waals surface area contributed by atoms with Crippen molar-refractivity contribution in [1.29, 1.82) is 0 Å². The molecule has 1 heterocycles. The molecule has 1 saturated heterocycles. The molecule has 9 nitrogen and oxygen atoms in total. The van der Waals surface area contributed by atoms with E-state index in [-0.39, 0.29) is 17.5 Å². The molecule has 0 spiro atoms. The number of amides is 1. The Labute approximate surface area is 199 Å². The van der Waals surface area contributed by atoms with Crippen LogP contribution in [-0.2, 0) is 27.7 Å². The van der Waals surface area contributed by atoms with Crippen LogP contribution in [-0.4, -0.2) is 49.7 Å². The molecule has 0 aromatic heterocycles. The molecule has 0 bridgehead atoms. The van der Waals surface area contributed by atoms with Gasteiger partial charge in [-0.15, -0.1) is 0 Å². The molecule has 0 unspecified atom stereocenters. The van der Waals surface area contributed by atoms with Crippen molar-refractivity contribution in [3.05, 3.63) is 63.7 Å². The fourth-order valence-electron chi connectivity index (χ4n) is 4.69. The van der Waals surface area contributed by atoms with Crippen molar-refractivity contribution in [2.24, 2.45) is 5.92 Å². The lowest BCUT2D eigenvalue weighted by atomic mass is 9.92. The molecule has 2 N–H and O–H groups in total. The molecule has 2 aromatic carbocycles. The van der Waals surface area contributed by atoms with E-state index in [0.29, 0.717) is 49.6 Å². The molecule has 0 atom stereocenters. The number of sulfonamides is 1. The van der Waals surface area contributed by atoms with Crippen LogP contribution in [0.4, 0.5) is 11.4 Å². The van der Waals surface area contributed by atoms with E-state index >= 15 is 0 Å². The highest BCUT2D eigenvalue weighted by atomic mass is 32.2. The average Bonchev–Trinajstić information content (AvgIpc) is 2.86. The predicted octanol–water partition coefficient (Wildman–Crippen LogP) is 3.10. The normalized spacial score (nSPS) is 17.1. The third-order valence-electron chi connectivity index (χ3n) is 6.62. The number of rotatable bonds is 8. The molecule has 10 heteroatoms. The minimum atomic E-state index is -3.57. The second kappa shape index (κ2) is 10.5. The Morgan fingerprint density at radius 1 is 1.03 bits per heavy atom. The van der Waals surface area contributed by atoms with E-state index in [1.54, 1.807) is 24.3 Å². The first-order valence-electron chi connectivity index (χ1n) is 11.7. The van der Waals surface area contributed by atoms with Gasteiger partial charge in [0.25, 0.3) is 5.69 Å². The van der Waals surface area contributed by atoms with Gasteiger partial charge in [0.15, 0.2) is 0 Å². The third kappa shape index (κ3) is 5.39. The SMILES string of the molecule is O=C(NCCNc1ccccc1[N+](=O)[O-])C1CCN(S(=O)(=O)c2ccc3c(c2)CCCC3)CC1. The highest BCUT2D eigenvalue weighted by Crippen LogP contribution is 2.28. The van der Waals surface area contributed by atoms with E-state index < -0.39 is 14.9 Å². The minimum Gasteiger partial charge on any atom is -0.378 e. The number of carbonyl (C=O) groups excluding carboxylic acids is 1. The topological polar surface area (TPSA) is 122 Å². The number of nitro groups is 1. The van der Waals surface area contributed by atoms with Gasteiger partial charge in [-0.3, -0.25) is 14.9 Å². The van der Waals surface area contributed by atoms with E-state index in [9.17, 15) is 23.3 Å². The van der Waals surface area contributed by atoms with Gasteiger partial charge in [0.05, 0.1) is 9.82 Å². The molecule has 2 aromatic rings. The second-order valence-electron chi connectivity index (χ2n) is 8.81. The van der Waals surface area contributed by atoms with Crippen molar-refractivity contribution < 1.29 is 18.1 Å². The number of benzene rings is 2. The lowest BCUT2D eigenvalue weighted by Crippen LogP contribution is -2.43. The van der Waals surface area contributed by atoms with Gasteiger partial charge in [-0.1, -0.05) is 18.2 Å². The van der Waals surface area contributed by atoms with E-state index in [1.807, 2.05) is 12.1 Å². The van der Waals surface area contributed by atoms with Crippen LogP contribution in [0.15, 0.2) is 47.4 Å². The number of aryl methyl sites for hydroxylation is 2. The molecule has 0 radical (unpaired) electrons. The molecule has 0 saturated carbocycles. The number of nitrogens with one attached hydrogen (secondary N) is 2. The number of para-hydroxylation sites is 2. The van der Waals surface area contributed by atoms with E-state index in [2.05, 4.69) is 10.6 Å². The number of piperidine rings is 1. The van der Waals surface area contributed by atoms with Crippen LogP contribution in [0.1, 0.15) is 36.8 Å². The lowest BCUT2D eigenvalue weighted by Gasteiger charge is -2.31. The fourth-order valence-corrected chi connectivity index (χ4v) is 6.21. The van der Waals surface area contributed by atoms with Gasteiger partial charge in [-0.2, -0.15) is 4.31 Å². The Hall–Kier alpha value is -2.98. The Balaban J connectivity index is 1.26. The van der Waals surface area contributed by atoms with Crippen molar-refractivity contribution in [1.82, 2.24) is 9.62 Å². The van der Waals surface area contributed by atoms with E-state index in [4.69, 9.17) is 0 Å². The summed E-state index contributed by atoms with van der Waals surface area (Å²) in [4.78, 5) is 23.5. The number of fused-ring (bicyclic) bond motifs is 1. The van der Waals surface area contributed by atoms with E-state index in [1.165, 1.54) is 15.9 Å². The summed E-state index contributed by atoms with van der Waals surface area (Å²) in [7, 11) is -3.57.